The Balaban J connectivity index is 2.56. The molecule has 0 bridgehead atoms. The van der Waals surface area contributed by atoms with E-state index in [0.717, 1.165) is 10.0 Å². The highest BCUT2D eigenvalue weighted by atomic mass is 79.9. The van der Waals surface area contributed by atoms with Gasteiger partial charge in [0, 0.05) is 17.0 Å². The Morgan fingerprint density at radius 3 is 3.08 bits per heavy atom. The first-order valence-corrected chi connectivity index (χ1v) is 5.15. The lowest BCUT2D eigenvalue weighted by atomic mass is 10.0. The van der Waals surface area contributed by atoms with Crippen LogP contribution >= 0.6 is 27.5 Å². The van der Waals surface area contributed by atoms with Crippen LogP contribution in [0.1, 0.15) is 18.1 Å². The summed E-state index contributed by atoms with van der Waals surface area (Å²) in [5, 5.41) is 10.3. The fourth-order valence-corrected chi connectivity index (χ4v) is 2.36. The van der Waals surface area contributed by atoms with E-state index in [1.807, 2.05) is 0 Å². The van der Waals surface area contributed by atoms with Gasteiger partial charge in [-0.25, -0.2) is 0 Å². The van der Waals surface area contributed by atoms with Gasteiger partial charge in [0.15, 0.2) is 0 Å². The maximum Gasteiger partial charge on any atom is 0.139 e. The largest absolute Gasteiger partial charge is 0.492 e. The number of fused-ring (bicyclic) bond motifs is 1. The molecule has 0 aromatic heterocycles. The van der Waals surface area contributed by atoms with Crippen LogP contribution in [0.5, 0.6) is 5.75 Å². The second-order valence-electron chi connectivity index (χ2n) is 2.96. The Kier molecular flexibility index (Phi) is 2.49. The fraction of sp³-hybridized carbons (Fsp3) is 0.333. The van der Waals surface area contributed by atoms with E-state index in [2.05, 4.69) is 15.9 Å². The Bertz CT molecular complexity index is 341. The minimum atomic E-state index is -0.459. The van der Waals surface area contributed by atoms with Crippen molar-refractivity contribution in [3.05, 3.63) is 27.2 Å². The van der Waals surface area contributed by atoms with Gasteiger partial charge < -0.3 is 9.84 Å². The smallest absolute Gasteiger partial charge is 0.139 e. The van der Waals surface area contributed by atoms with Crippen molar-refractivity contribution in [1.29, 1.82) is 0 Å². The Hall–Kier alpha value is -0.250. The number of hydrogen-bond acceptors (Lipinski definition) is 2. The molecule has 0 fully saturated rings. The van der Waals surface area contributed by atoms with Crippen LogP contribution in [0.2, 0.25) is 5.02 Å². The minimum absolute atomic E-state index is 0.459. The van der Waals surface area contributed by atoms with Crippen molar-refractivity contribution in [3.8, 4) is 5.75 Å². The van der Waals surface area contributed by atoms with E-state index in [-0.39, 0.29) is 0 Å². The van der Waals surface area contributed by atoms with E-state index in [1.54, 1.807) is 12.1 Å². The SMILES string of the molecule is O[C@H]1CCOc2c(Br)cc(Cl)cc21. The molecule has 0 amide bonds. The lowest BCUT2D eigenvalue weighted by Gasteiger charge is -2.23. The molecule has 1 aliphatic heterocycles. The summed E-state index contributed by atoms with van der Waals surface area (Å²) < 4.78 is 6.21. The molecule has 1 atom stereocenters. The predicted molar refractivity (Wildman–Crippen MR) is 54.2 cm³/mol. The Labute approximate surface area is 89.6 Å². The van der Waals surface area contributed by atoms with Crippen LogP contribution in [0.3, 0.4) is 0 Å². The number of aliphatic hydroxyl groups is 1. The van der Waals surface area contributed by atoms with Gasteiger partial charge in [-0.05, 0) is 28.1 Å². The van der Waals surface area contributed by atoms with Crippen LogP contribution in [-0.2, 0) is 0 Å². The third kappa shape index (κ3) is 1.68. The van der Waals surface area contributed by atoms with Gasteiger partial charge in [-0.3, -0.25) is 0 Å². The molecule has 0 saturated carbocycles. The monoisotopic (exact) mass is 262 g/mol. The molecular weight excluding hydrogens is 255 g/mol. The van der Waals surface area contributed by atoms with Crippen LogP contribution in [0.15, 0.2) is 16.6 Å². The summed E-state index contributed by atoms with van der Waals surface area (Å²) in [6.07, 6.45) is 0.165. The second-order valence-corrected chi connectivity index (χ2v) is 4.25. The highest BCUT2D eigenvalue weighted by Crippen LogP contribution is 2.39. The molecule has 1 heterocycles. The normalized spacial score (nSPS) is 20.7. The number of aliphatic hydroxyl groups excluding tert-OH is 1. The molecule has 4 heteroatoms. The molecular formula is C9H8BrClO2. The Morgan fingerprint density at radius 1 is 1.54 bits per heavy atom. The molecule has 2 rings (SSSR count). The molecule has 1 aromatic rings. The van der Waals surface area contributed by atoms with Crippen molar-refractivity contribution in [2.75, 3.05) is 6.61 Å². The van der Waals surface area contributed by atoms with Crippen LogP contribution in [0.4, 0.5) is 0 Å². The highest BCUT2D eigenvalue weighted by molar-refractivity contribution is 9.10. The maximum absolute atomic E-state index is 9.65. The zero-order valence-electron chi connectivity index (χ0n) is 6.76. The molecule has 0 spiro atoms. The summed E-state index contributed by atoms with van der Waals surface area (Å²) in [7, 11) is 0. The molecule has 0 aliphatic carbocycles. The average molecular weight is 264 g/mol. The highest BCUT2D eigenvalue weighted by Gasteiger charge is 2.21. The van der Waals surface area contributed by atoms with E-state index >= 15 is 0 Å². The molecule has 70 valence electrons. The van der Waals surface area contributed by atoms with Crippen LogP contribution < -0.4 is 4.74 Å². The molecule has 1 aliphatic rings. The van der Waals surface area contributed by atoms with Gasteiger partial charge in [0.25, 0.3) is 0 Å². The number of halogens is 2. The van der Waals surface area contributed by atoms with Crippen molar-refractivity contribution >= 4 is 27.5 Å². The predicted octanol–water partition coefficient (Wildman–Crippen LogP) is 2.92. The van der Waals surface area contributed by atoms with E-state index in [4.69, 9.17) is 16.3 Å². The third-order valence-electron chi connectivity index (χ3n) is 2.03. The summed E-state index contributed by atoms with van der Waals surface area (Å²) in [5.74, 6) is 0.711. The topological polar surface area (TPSA) is 29.5 Å². The lowest BCUT2D eigenvalue weighted by molar-refractivity contribution is 0.115. The van der Waals surface area contributed by atoms with Gasteiger partial charge in [-0.15, -0.1) is 0 Å². The number of ether oxygens (including phenoxy) is 1. The van der Waals surface area contributed by atoms with Gasteiger partial charge in [0.2, 0.25) is 0 Å². The summed E-state index contributed by atoms with van der Waals surface area (Å²) in [6.45, 7) is 0.550. The van der Waals surface area contributed by atoms with Crippen molar-refractivity contribution < 1.29 is 9.84 Å². The fourth-order valence-electron chi connectivity index (χ4n) is 1.41. The molecule has 1 aromatic carbocycles. The summed E-state index contributed by atoms with van der Waals surface area (Å²) in [5.41, 5.74) is 0.769. The summed E-state index contributed by atoms with van der Waals surface area (Å²) in [4.78, 5) is 0. The third-order valence-corrected chi connectivity index (χ3v) is 2.84. The molecule has 1 N–H and O–H groups in total. The Morgan fingerprint density at radius 2 is 2.31 bits per heavy atom. The first-order valence-electron chi connectivity index (χ1n) is 3.98. The van der Waals surface area contributed by atoms with E-state index in [9.17, 15) is 5.11 Å². The molecule has 0 unspecified atom stereocenters. The van der Waals surface area contributed by atoms with Crippen molar-refractivity contribution in [2.24, 2.45) is 0 Å². The molecule has 0 saturated heterocycles. The van der Waals surface area contributed by atoms with Crippen molar-refractivity contribution in [3.63, 3.8) is 0 Å². The first-order chi connectivity index (χ1) is 6.18. The summed E-state index contributed by atoms with van der Waals surface area (Å²) in [6, 6.07) is 3.50. The van der Waals surface area contributed by atoms with Gasteiger partial charge in [0.05, 0.1) is 17.2 Å². The van der Waals surface area contributed by atoms with Crippen LogP contribution in [0, 0.1) is 0 Å². The number of hydrogen-bond donors (Lipinski definition) is 1. The van der Waals surface area contributed by atoms with Gasteiger partial charge in [0.1, 0.15) is 5.75 Å². The van der Waals surface area contributed by atoms with E-state index in [0.29, 0.717) is 23.8 Å². The van der Waals surface area contributed by atoms with Gasteiger partial charge in [-0.1, -0.05) is 11.6 Å². The maximum atomic E-state index is 9.65. The van der Waals surface area contributed by atoms with Gasteiger partial charge >= 0.3 is 0 Å². The van der Waals surface area contributed by atoms with Crippen LogP contribution in [0.25, 0.3) is 0 Å². The zero-order chi connectivity index (χ0) is 9.42. The van der Waals surface area contributed by atoms with Gasteiger partial charge in [-0.2, -0.15) is 0 Å². The average Bonchev–Trinajstić information content (AvgIpc) is 2.07. The molecule has 2 nitrogen and oxygen atoms in total. The van der Waals surface area contributed by atoms with E-state index < -0.39 is 6.10 Å². The quantitative estimate of drug-likeness (QED) is 0.780. The van der Waals surface area contributed by atoms with Crippen molar-refractivity contribution in [1.82, 2.24) is 0 Å². The first kappa shape index (κ1) is 9.31. The van der Waals surface area contributed by atoms with Crippen molar-refractivity contribution in [2.45, 2.75) is 12.5 Å². The standard InChI is InChI=1S/C9H8BrClO2/c10-7-4-5(11)3-6-8(12)1-2-13-9(6)7/h3-4,8,12H,1-2H2/t8-/m0/s1. The number of benzene rings is 1. The number of rotatable bonds is 0. The zero-order valence-corrected chi connectivity index (χ0v) is 9.10. The van der Waals surface area contributed by atoms with Crippen LogP contribution in [-0.4, -0.2) is 11.7 Å². The van der Waals surface area contributed by atoms with E-state index in [1.165, 1.54) is 0 Å². The lowest BCUT2D eigenvalue weighted by Crippen LogP contribution is -2.14. The second kappa shape index (κ2) is 3.48. The summed E-state index contributed by atoms with van der Waals surface area (Å²) >= 11 is 9.19. The molecule has 0 radical (unpaired) electrons. The minimum Gasteiger partial charge on any atom is -0.492 e. The molecule has 13 heavy (non-hydrogen) atoms.